The van der Waals surface area contributed by atoms with Crippen molar-refractivity contribution < 1.29 is 27.4 Å². The molecule has 0 saturated carbocycles. The first kappa shape index (κ1) is 30.6. The van der Waals surface area contributed by atoms with Crippen LogP contribution in [0.2, 0.25) is 0 Å². The number of anilines is 1. The zero-order valence-electron chi connectivity index (χ0n) is 26.2. The van der Waals surface area contributed by atoms with Crippen LogP contribution >= 0.6 is 0 Å². The molecule has 6 heterocycles. The van der Waals surface area contributed by atoms with Crippen molar-refractivity contribution in [3.63, 3.8) is 0 Å². The lowest BCUT2D eigenvalue weighted by Crippen LogP contribution is -2.54. The van der Waals surface area contributed by atoms with Crippen molar-refractivity contribution in [3.05, 3.63) is 53.6 Å². The molecule has 2 N–H and O–H groups in total. The quantitative estimate of drug-likeness (QED) is 0.208. The van der Waals surface area contributed by atoms with Crippen molar-refractivity contribution in [2.75, 3.05) is 37.8 Å². The number of phenols is 1. The van der Waals surface area contributed by atoms with Gasteiger partial charge in [0, 0.05) is 49.1 Å². The first-order chi connectivity index (χ1) is 22.9. The average molecular weight is 650 g/mol. The second-order valence-corrected chi connectivity index (χ2v) is 13.6. The number of alkyl halides is 2. The van der Waals surface area contributed by atoms with Crippen LogP contribution in [0.25, 0.3) is 32.8 Å². The highest BCUT2D eigenvalue weighted by molar-refractivity contribution is 6.03. The largest absolute Gasteiger partial charge is 0.508 e. The highest BCUT2D eigenvalue weighted by atomic mass is 19.1. The molecule has 5 aliphatic rings. The molecule has 0 aliphatic carbocycles. The van der Waals surface area contributed by atoms with Gasteiger partial charge in [-0.25, -0.2) is 13.2 Å². The van der Waals surface area contributed by atoms with Gasteiger partial charge in [-0.1, -0.05) is 18.2 Å². The minimum Gasteiger partial charge on any atom is -0.508 e. The van der Waals surface area contributed by atoms with Crippen LogP contribution in [0.15, 0.2) is 36.4 Å². The minimum absolute atomic E-state index is 0.0395. The summed E-state index contributed by atoms with van der Waals surface area (Å²) in [5.41, 5.74) is 0.248. The zero-order chi connectivity index (χ0) is 32.2. The summed E-state index contributed by atoms with van der Waals surface area (Å²) in [4.78, 5) is 13.6. The second kappa shape index (κ2) is 12.4. The number of aryl methyl sites for hydroxylation is 1. The van der Waals surface area contributed by atoms with Gasteiger partial charge in [0.05, 0.1) is 18.8 Å². The number of halogens is 4. The van der Waals surface area contributed by atoms with E-state index in [4.69, 9.17) is 9.72 Å². The summed E-state index contributed by atoms with van der Waals surface area (Å²) in [7, 11) is 0. The number of rotatable bonds is 8. The van der Waals surface area contributed by atoms with Crippen molar-refractivity contribution in [2.45, 2.75) is 81.7 Å². The lowest BCUT2D eigenvalue weighted by atomic mass is 9.92. The van der Waals surface area contributed by atoms with E-state index in [1.54, 1.807) is 18.2 Å². The Morgan fingerprint density at radius 3 is 2.79 bits per heavy atom. The molecule has 0 spiro atoms. The number of aromatic nitrogens is 2. The summed E-state index contributed by atoms with van der Waals surface area (Å²) in [6.45, 7) is 1.76. The minimum atomic E-state index is -0.917. The maximum Gasteiger partial charge on any atom is 0.319 e. The molecule has 0 radical (unpaired) electrons. The van der Waals surface area contributed by atoms with E-state index in [0.717, 1.165) is 45.2 Å². The molecule has 3 aromatic carbocycles. The molecule has 5 aliphatic heterocycles. The predicted molar refractivity (Wildman–Crippen MR) is 174 cm³/mol. The maximum atomic E-state index is 16.9. The highest BCUT2D eigenvalue weighted by Gasteiger charge is 2.43. The number of benzene rings is 3. The number of hydrogen-bond acceptors (Lipinski definition) is 7. The molecule has 9 rings (SSSR count). The van der Waals surface area contributed by atoms with Gasteiger partial charge in [-0.15, -0.1) is 0 Å². The summed E-state index contributed by atoms with van der Waals surface area (Å²) >= 11 is 0. The van der Waals surface area contributed by atoms with E-state index in [-0.39, 0.29) is 71.0 Å². The van der Waals surface area contributed by atoms with Gasteiger partial charge < -0.3 is 20.1 Å². The van der Waals surface area contributed by atoms with Crippen molar-refractivity contribution in [1.82, 2.24) is 20.2 Å². The normalized spacial score (nSPS) is 26.0. The molecule has 5 fully saturated rings. The average Bonchev–Trinajstić information content (AvgIpc) is 3.44. The molecule has 47 heavy (non-hydrogen) atoms. The number of piperazine rings is 1. The van der Waals surface area contributed by atoms with Gasteiger partial charge in [-0.3, -0.25) is 9.29 Å². The number of hydrogen-bond donors (Lipinski definition) is 2. The van der Waals surface area contributed by atoms with Gasteiger partial charge in [-0.2, -0.15) is 9.97 Å². The second-order valence-electron chi connectivity index (χ2n) is 13.6. The Labute approximate surface area is 270 Å². The zero-order valence-corrected chi connectivity index (χ0v) is 26.2. The van der Waals surface area contributed by atoms with Crippen LogP contribution in [0.5, 0.6) is 11.8 Å². The molecular weight excluding hydrogens is 610 g/mol. The fourth-order valence-corrected chi connectivity index (χ4v) is 8.65. The Morgan fingerprint density at radius 2 is 1.91 bits per heavy atom. The smallest absolute Gasteiger partial charge is 0.319 e. The van der Waals surface area contributed by atoms with Crippen LogP contribution < -0.4 is 15.0 Å². The van der Waals surface area contributed by atoms with Crippen LogP contribution in [-0.4, -0.2) is 83.2 Å². The highest BCUT2D eigenvalue weighted by Crippen LogP contribution is 2.42. The molecule has 0 amide bonds. The van der Waals surface area contributed by atoms with E-state index in [9.17, 15) is 13.9 Å². The number of ether oxygens (including phenoxy) is 1. The maximum absolute atomic E-state index is 16.9. The number of aromatic hydroxyl groups is 1. The van der Waals surface area contributed by atoms with Gasteiger partial charge in [0.15, 0.2) is 5.82 Å². The van der Waals surface area contributed by atoms with Crippen LogP contribution in [0.1, 0.15) is 50.5 Å². The van der Waals surface area contributed by atoms with Gasteiger partial charge in [-0.05, 0) is 91.6 Å². The van der Waals surface area contributed by atoms with E-state index in [0.29, 0.717) is 41.5 Å². The van der Waals surface area contributed by atoms with Crippen LogP contribution in [0.4, 0.5) is 23.4 Å². The van der Waals surface area contributed by atoms with Crippen molar-refractivity contribution >= 4 is 27.5 Å². The van der Waals surface area contributed by atoms with Crippen LogP contribution in [-0.2, 0) is 6.42 Å². The Bertz CT molecular complexity index is 1820. The molecule has 2 bridgehead atoms. The van der Waals surface area contributed by atoms with Gasteiger partial charge >= 0.3 is 6.01 Å². The standard InChI is InChI=1S/C36H39F4N5O2/c37-11-9-20-4-1-5-21-14-25(46)16-26(31(20)21)32-29(39)17-27-34(33(32)40)42-36(43-35(27)45-19-22-6-2-7-24(45)18-41-22)47-13-10-30-28(38)15-23-8-3-12-44(23)30/h1,4-5,14,16-17,22-24,28,30,41,46H,2-3,6-13,15,18-19H2/t22?,23?,24?,28-,30?/m1/s1. The number of phenolic OH excluding ortho intramolecular Hbond substituents is 1. The summed E-state index contributed by atoms with van der Waals surface area (Å²) in [6, 6.07) is 9.60. The van der Waals surface area contributed by atoms with Crippen molar-refractivity contribution in [1.29, 1.82) is 0 Å². The number of nitrogens with one attached hydrogen (secondary N) is 1. The number of fused-ring (bicyclic) bond motifs is 7. The molecule has 248 valence electrons. The third kappa shape index (κ3) is 5.45. The van der Waals surface area contributed by atoms with Gasteiger partial charge in [0.1, 0.15) is 29.1 Å². The fraction of sp³-hybridized carbons (Fsp3) is 0.500. The molecule has 5 saturated heterocycles. The monoisotopic (exact) mass is 649 g/mol. The Morgan fingerprint density at radius 1 is 1.04 bits per heavy atom. The third-order valence-corrected chi connectivity index (χ3v) is 10.8. The Hall–Kier alpha value is -3.70. The van der Waals surface area contributed by atoms with E-state index >= 15 is 8.78 Å². The third-order valence-electron chi connectivity index (χ3n) is 10.8. The first-order valence-corrected chi connectivity index (χ1v) is 16.9. The molecule has 4 unspecified atom stereocenters. The molecular formula is C36H39F4N5O2. The fourth-order valence-electron chi connectivity index (χ4n) is 8.65. The molecule has 11 heteroatoms. The molecule has 5 atom stereocenters. The predicted octanol–water partition coefficient (Wildman–Crippen LogP) is 6.62. The topological polar surface area (TPSA) is 73.8 Å². The van der Waals surface area contributed by atoms with E-state index < -0.39 is 24.5 Å². The first-order valence-electron chi connectivity index (χ1n) is 16.9. The summed E-state index contributed by atoms with van der Waals surface area (Å²) in [6.07, 6.45) is 5.18. The summed E-state index contributed by atoms with van der Waals surface area (Å²) in [5.74, 6) is -1.49. The van der Waals surface area contributed by atoms with E-state index in [1.165, 1.54) is 18.2 Å². The molecule has 1 aromatic heterocycles. The summed E-state index contributed by atoms with van der Waals surface area (Å²) in [5, 5.41) is 15.4. The van der Waals surface area contributed by atoms with Gasteiger partial charge in [0.2, 0.25) is 0 Å². The van der Waals surface area contributed by atoms with Crippen LogP contribution in [0.3, 0.4) is 0 Å². The Balaban J connectivity index is 1.24. The number of nitrogens with zero attached hydrogens (tertiary/aromatic N) is 4. The molecule has 7 nitrogen and oxygen atoms in total. The van der Waals surface area contributed by atoms with Crippen molar-refractivity contribution in [3.8, 4) is 22.9 Å². The van der Waals surface area contributed by atoms with E-state index in [1.807, 2.05) is 0 Å². The lowest BCUT2D eigenvalue weighted by molar-refractivity contribution is 0.155. The summed E-state index contributed by atoms with van der Waals surface area (Å²) < 4.78 is 67.8. The van der Waals surface area contributed by atoms with Crippen molar-refractivity contribution in [2.24, 2.45) is 0 Å². The van der Waals surface area contributed by atoms with Gasteiger partial charge in [0.25, 0.3) is 0 Å². The van der Waals surface area contributed by atoms with Crippen LogP contribution in [0, 0.1) is 11.6 Å². The lowest BCUT2D eigenvalue weighted by Gasteiger charge is -2.38. The Kier molecular flexibility index (Phi) is 8.07. The SMILES string of the molecule is Oc1cc(-c2c(F)cc3c(N4CC5CCCC4CN5)nc(OCCC4[C@H](F)CC5CCCN54)nc3c2F)c2c(CCF)cccc2c1. The molecule has 4 aromatic rings. The van der Waals surface area contributed by atoms with E-state index in [2.05, 4.69) is 20.1 Å².